The molecular formula is C15H17N3O3S2. The van der Waals surface area contributed by atoms with Crippen LogP contribution in [0, 0.1) is 6.92 Å². The van der Waals surface area contributed by atoms with Crippen LogP contribution in [-0.4, -0.2) is 30.3 Å². The first-order chi connectivity index (χ1) is 11.0. The van der Waals surface area contributed by atoms with Crippen molar-refractivity contribution in [2.45, 2.75) is 13.3 Å². The monoisotopic (exact) mass is 351 g/mol. The summed E-state index contributed by atoms with van der Waals surface area (Å²) in [7, 11) is 2.96. The second kappa shape index (κ2) is 7.89. The van der Waals surface area contributed by atoms with Gasteiger partial charge in [-0.2, -0.15) is 0 Å². The number of thiazole rings is 1. The lowest BCUT2D eigenvalue weighted by molar-refractivity contribution is -0.139. The van der Waals surface area contributed by atoms with E-state index in [1.807, 2.05) is 31.2 Å². The Bertz CT molecular complexity index is 716. The van der Waals surface area contributed by atoms with Crippen molar-refractivity contribution in [2.24, 2.45) is 0 Å². The lowest BCUT2D eigenvalue weighted by Crippen LogP contribution is -2.19. The third-order valence-electron chi connectivity index (χ3n) is 3.00. The summed E-state index contributed by atoms with van der Waals surface area (Å²) in [6.45, 7) is 1.84. The van der Waals surface area contributed by atoms with Gasteiger partial charge in [0, 0.05) is 4.88 Å². The molecule has 0 saturated carbocycles. The van der Waals surface area contributed by atoms with Crippen LogP contribution >= 0.6 is 23.6 Å². The summed E-state index contributed by atoms with van der Waals surface area (Å²) in [5.74, 6) is 0.399. The normalized spacial score (nSPS) is 10.0. The van der Waals surface area contributed by atoms with Crippen molar-refractivity contribution in [3.63, 3.8) is 0 Å². The molecule has 0 unspecified atom stereocenters. The third-order valence-corrected chi connectivity index (χ3v) is 4.28. The molecule has 2 N–H and O–H groups in total. The van der Waals surface area contributed by atoms with Crippen molar-refractivity contribution in [3.8, 4) is 5.75 Å². The Morgan fingerprint density at radius 3 is 2.74 bits per heavy atom. The van der Waals surface area contributed by atoms with Crippen molar-refractivity contribution >= 4 is 45.5 Å². The van der Waals surface area contributed by atoms with Gasteiger partial charge >= 0.3 is 5.97 Å². The van der Waals surface area contributed by atoms with E-state index < -0.39 is 0 Å². The summed E-state index contributed by atoms with van der Waals surface area (Å²) in [5.41, 5.74) is 1.54. The molecule has 0 radical (unpaired) electrons. The highest BCUT2D eigenvalue weighted by Crippen LogP contribution is 2.25. The number of carbonyl (C=O) groups is 1. The standard InChI is InChI=1S/C15H17N3O3S2/c1-9-12(8-13(19)21-3)23-15(16-9)18-14(22)17-10-6-4-5-7-11(10)20-2/h4-7H,8H2,1-3H3,(H2,16,17,18,22). The van der Waals surface area contributed by atoms with Crippen molar-refractivity contribution in [2.75, 3.05) is 24.9 Å². The maximum Gasteiger partial charge on any atom is 0.310 e. The van der Waals surface area contributed by atoms with E-state index in [1.165, 1.54) is 18.4 Å². The van der Waals surface area contributed by atoms with E-state index in [0.717, 1.165) is 16.3 Å². The quantitative estimate of drug-likeness (QED) is 0.634. The van der Waals surface area contributed by atoms with E-state index in [9.17, 15) is 4.79 Å². The minimum absolute atomic E-state index is 0.203. The number of aryl methyl sites for hydroxylation is 1. The van der Waals surface area contributed by atoms with Gasteiger partial charge in [-0.05, 0) is 31.3 Å². The number of benzene rings is 1. The van der Waals surface area contributed by atoms with Gasteiger partial charge in [0.25, 0.3) is 0 Å². The summed E-state index contributed by atoms with van der Waals surface area (Å²) >= 11 is 6.66. The van der Waals surface area contributed by atoms with Gasteiger partial charge in [-0.3, -0.25) is 4.79 Å². The van der Waals surface area contributed by atoms with Gasteiger partial charge in [-0.15, -0.1) is 11.3 Å². The summed E-state index contributed by atoms with van der Waals surface area (Å²) in [6, 6.07) is 7.47. The van der Waals surface area contributed by atoms with E-state index in [0.29, 0.717) is 16.0 Å². The molecular weight excluding hydrogens is 334 g/mol. The topological polar surface area (TPSA) is 72.5 Å². The summed E-state index contributed by atoms with van der Waals surface area (Å²) in [6.07, 6.45) is 0.203. The molecule has 0 saturated heterocycles. The van der Waals surface area contributed by atoms with Crippen molar-refractivity contribution in [1.29, 1.82) is 0 Å². The van der Waals surface area contributed by atoms with Gasteiger partial charge in [0.2, 0.25) is 0 Å². The molecule has 6 nitrogen and oxygen atoms in total. The fourth-order valence-electron chi connectivity index (χ4n) is 1.85. The van der Waals surface area contributed by atoms with Crippen molar-refractivity contribution in [3.05, 3.63) is 34.8 Å². The molecule has 0 aliphatic rings. The Labute approximate surface area is 143 Å². The minimum Gasteiger partial charge on any atom is -0.495 e. The van der Waals surface area contributed by atoms with Gasteiger partial charge in [-0.25, -0.2) is 4.98 Å². The number of anilines is 2. The smallest absolute Gasteiger partial charge is 0.310 e. The van der Waals surface area contributed by atoms with E-state index in [1.54, 1.807) is 7.11 Å². The molecule has 0 amide bonds. The molecule has 0 fully saturated rings. The zero-order valence-electron chi connectivity index (χ0n) is 13.0. The van der Waals surface area contributed by atoms with E-state index >= 15 is 0 Å². The first-order valence-corrected chi connectivity index (χ1v) is 8.00. The summed E-state index contributed by atoms with van der Waals surface area (Å²) in [4.78, 5) is 16.6. The second-order valence-electron chi connectivity index (χ2n) is 4.56. The molecule has 2 aromatic rings. The van der Waals surface area contributed by atoms with Crippen LogP contribution < -0.4 is 15.4 Å². The Balaban J connectivity index is 2.03. The Hall–Kier alpha value is -2.19. The van der Waals surface area contributed by atoms with Gasteiger partial charge in [0.1, 0.15) is 5.75 Å². The Morgan fingerprint density at radius 2 is 2.04 bits per heavy atom. The van der Waals surface area contributed by atoms with Crippen molar-refractivity contribution in [1.82, 2.24) is 4.98 Å². The van der Waals surface area contributed by atoms with Crippen LogP contribution in [0.2, 0.25) is 0 Å². The van der Waals surface area contributed by atoms with E-state index in [2.05, 4.69) is 20.4 Å². The maximum atomic E-state index is 11.4. The third kappa shape index (κ3) is 4.64. The van der Waals surface area contributed by atoms with Crippen LogP contribution in [0.5, 0.6) is 5.75 Å². The molecule has 0 bridgehead atoms. The zero-order chi connectivity index (χ0) is 16.8. The molecule has 122 valence electrons. The number of esters is 1. The molecule has 0 spiro atoms. The number of methoxy groups -OCH3 is 2. The molecule has 0 atom stereocenters. The van der Waals surface area contributed by atoms with Crippen molar-refractivity contribution < 1.29 is 14.3 Å². The summed E-state index contributed by atoms with van der Waals surface area (Å²) in [5, 5.41) is 7.09. The van der Waals surface area contributed by atoms with Crippen LogP contribution in [0.4, 0.5) is 10.8 Å². The van der Waals surface area contributed by atoms with Gasteiger partial charge in [0.05, 0.1) is 32.0 Å². The first kappa shape index (κ1) is 17.2. The van der Waals surface area contributed by atoms with Crippen LogP contribution in [0.25, 0.3) is 0 Å². The number of aromatic nitrogens is 1. The average molecular weight is 351 g/mol. The van der Waals surface area contributed by atoms with Crippen LogP contribution in [0.1, 0.15) is 10.6 Å². The number of hydrogen-bond donors (Lipinski definition) is 2. The van der Waals surface area contributed by atoms with Crippen LogP contribution in [0.15, 0.2) is 24.3 Å². The number of para-hydroxylation sites is 2. The second-order valence-corrected chi connectivity index (χ2v) is 6.05. The van der Waals surface area contributed by atoms with E-state index in [-0.39, 0.29) is 12.4 Å². The summed E-state index contributed by atoms with van der Waals surface area (Å²) < 4.78 is 9.93. The van der Waals surface area contributed by atoms with Gasteiger partial charge < -0.3 is 20.1 Å². The van der Waals surface area contributed by atoms with Gasteiger partial charge in [0.15, 0.2) is 10.2 Å². The number of nitrogens with one attached hydrogen (secondary N) is 2. The highest BCUT2D eigenvalue weighted by atomic mass is 32.1. The average Bonchev–Trinajstić information content (AvgIpc) is 2.86. The molecule has 0 aliphatic heterocycles. The molecule has 23 heavy (non-hydrogen) atoms. The number of hydrogen-bond acceptors (Lipinski definition) is 6. The fraction of sp³-hybridized carbons (Fsp3) is 0.267. The Kier molecular flexibility index (Phi) is 5.89. The van der Waals surface area contributed by atoms with Crippen LogP contribution in [0.3, 0.4) is 0 Å². The molecule has 2 rings (SSSR count). The number of ether oxygens (including phenoxy) is 2. The molecule has 0 aliphatic carbocycles. The van der Waals surface area contributed by atoms with Crippen LogP contribution in [-0.2, 0) is 16.0 Å². The molecule has 1 heterocycles. The zero-order valence-corrected chi connectivity index (χ0v) is 14.6. The lowest BCUT2D eigenvalue weighted by atomic mass is 10.3. The fourth-order valence-corrected chi connectivity index (χ4v) is 3.07. The number of rotatable bonds is 5. The van der Waals surface area contributed by atoms with E-state index in [4.69, 9.17) is 17.0 Å². The SMILES string of the molecule is COC(=O)Cc1sc(NC(=S)Nc2ccccc2OC)nc1C. The number of carbonyl (C=O) groups excluding carboxylic acids is 1. The van der Waals surface area contributed by atoms with Gasteiger partial charge in [-0.1, -0.05) is 12.1 Å². The largest absolute Gasteiger partial charge is 0.495 e. The molecule has 8 heteroatoms. The highest BCUT2D eigenvalue weighted by Gasteiger charge is 2.13. The number of thiocarbonyl (C=S) groups is 1. The predicted octanol–water partition coefficient (Wildman–Crippen LogP) is 2.98. The Morgan fingerprint density at radius 1 is 1.30 bits per heavy atom. The number of nitrogens with zero attached hydrogens (tertiary/aromatic N) is 1. The molecule has 1 aromatic heterocycles. The highest BCUT2D eigenvalue weighted by molar-refractivity contribution is 7.80. The minimum atomic E-state index is -0.293. The first-order valence-electron chi connectivity index (χ1n) is 6.77. The predicted molar refractivity (Wildman–Crippen MR) is 95.4 cm³/mol. The maximum absolute atomic E-state index is 11.4. The molecule has 1 aromatic carbocycles. The lowest BCUT2D eigenvalue weighted by Gasteiger charge is -2.11.